The van der Waals surface area contributed by atoms with Crippen LogP contribution in [0.1, 0.15) is 25.1 Å². The summed E-state index contributed by atoms with van der Waals surface area (Å²) < 4.78 is 10.7. The molecule has 0 spiro atoms. The minimum atomic E-state index is -0.562. The van der Waals surface area contributed by atoms with Gasteiger partial charge in [-0.2, -0.15) is 0 Å². The van der Waals surface area contributed by atoms with E-state index in [4.69, 9.17) is 9.47 Å². The number of carbonyl (C=O) groups is 1. The van der Waals surface area contributed by atoms with E-state index in [0.29, 0.717) is 11.5 Å². The predicted octanol–water partition coefficient (Wildman–Crippen LogP) is 2.69. The maximum Gasteiger partial charge on any atom is 0.225 e. The molecule has 0 atom stereocenters. The summed E-state index contributed by atoms with van der Waals surface area (Å²) in [5.74, 6) is 1.15. The number of aromatic nitrogens is 1. The van der Waals surface area contributed by atoms with E-state index in [1.165, 1.54) is 0 Å². The molecule has 0 bridgehead atoms. The summed E-state index contributed by atoms with van der Waals surface area (Å²) >= 11 is 0. The van der Waals surface area contributed by atoms with E-state index in [1.807, 2.05) is 50.2 Å². The first-order chi connectivity index (χ1) is 11.0. The van der Waals surface area contributed by atoms with Gasteiger partial charge in [-0.25, -0.2) is 0 Å². The molecule has 5 heteroatoms. The first kappa shape index (κ1) is 16.8. The Labute approximate surface area is 136 Å². The van der Waals surface area contributed by atoms with Crippen LogP contribution in [-0.4, -0.2) is 25.1 Å². The molecule has 23 heavy (non-hydrogen) atoms. The van der Waals surface area contributed by atoms with Gasteiger partial charge in [0.1, 0.15) is 11.5 Å². The molecule has 2 rings (SSSR count). The van der Waals surface area contributed by atoms with Gasteiger partial charge in [0, 0.05) is 11.8 Å². The molecule has 0 aliphatic rings. The van der Waals surface area contributed by atoms with Gasteiger partial charge in [-0.15, -0.1) is 0 Å². The predicted molar refractivity (Wildman–Crippen MR) is 88.7 cm³/mol. The summed E-state index contributed by atoms with van der Waals surface area (Å²) in [5, 5.41) is 3.01. The van der Waals surface area contributed by atoms with Crippen LogP contribution in [0.15, 0.2) is 42.6 Å². The number of hydrogen-bond donors (Lipinski definition) is 1. The third-order valence-electron chi connectivity index (χ3n) is 3.62. The van der Waals surface area contributed by atoms with E-state index in [9.17, 15) is 4.79 Å². The Kier molecular flexibility index (Phi) is 5.21. The molecule has 2 aromatic rings. The molecule has 0 unspecified atom stereocenters. The van der Waals surface area contributed by atoms with Crippen LogP contribution in [-0.2, 0) is 16.8 Å². The van der Waals surface area contributed by atoms with Crippen LogP contribution in [0.3, 0.4) is 0 Å². The molecule has 0 fully saturated rings. The van der Waals surface area contributed by atoms with Crippen LogP contribution in [0.5, 0.6) is 11.5 Å². The summed E-state index contributed by atoms with van der Waals surface area (Å²) in [7, 11) is 3.15. The summed E-state index contributed by atoms with van der Waals surface area (Å²) in [4.78, 5) is 16.8. The molecule has 0 saturated carbocycles. The molecule has 1 heterocycles. The van der Waals surface area contributed by atoms with Crippen molar-refractivity contribution in [3.05, 3.63) is 53.9 Å². The van der Waals surface area contributed by atoms with Gasteiger partial charge >= 0.3 is 0 Å². The molecule has 1 aromatic carbocycles. The van der Waals surface area contributed by atoms with Gasteiger partial charge in [-0.05, 0) is 38.1 Å². The van der Waals surface area contributed by atoms with Crippen LogP contribution < -0.4 is 14.8 Å². The summed E-state index contributed by atoms with van der Waals surface area (Å²) in [5.41, 5.74) is 0.972. The van der Waals surface area contributed by atoms with E-state index in [2.05, 4.69) is 10.3 Å². The maximum absolute atomic E-state index is 12.5. The van der Waals surface area contributed by atoms with Gasteiger partial charge in [0.15, 0.2) is 0 Å². The highest BCUT2D eigenvalue weighted by Crippen LogP contribution is 2.29. The number of nitrogens with one attached hydrogen (secondary N) is 1. The van der Waals surface area contributed by atoms with E-state index in [-0.39, 0.29) is 12.3 Å². The SMILES string of the molecule is COc1cccc(OC)c1CC(=O)NC(C)(C)c1ccccn1. The van der Waals surface area contributed by atoms with Crippen molar-refractivity contribution >= 4 is 5.91 Å². The number of hydrogen-bond acceptors (Lipinski definition) is 4. The van der Waals surface area contributed by atoms with Gasteiger partial charge < -0.3 is 14.8 Å². The van der Waals surface area contributed by atoms with E-state index in [1.54, 1.807) is 20.4 Å². The van der Waals surface area contributed by atoms with Crippen molar-refractivity contribution in [3.63, 3.8) is 0 Å². The van der Waals surface area contributed by atoms with E-state index in [0.717, 1.165) is 11.3 Å². The van der Waals surface area contributed by atoms with Gasteiger partial charge in [0.2, 0.25) is 5.91 Å². The number of pyridine rings is 1. The lowest BCUT2D eigenvalue weighted by Gasteiger charge is -2.26. The molecule has 1 amide bonds. The number of benzene rings is 1. The summed E-state index contributed by atoms with van der Waals surface area (Å²) in [6, 6.07) is 11.1. The van der Waals surface area contributed by atoms with Crippen LogP contribution in [0, 0.1) is 0 Å². The Hall–Kier alpha value is -2.56. The smallest absolute Gasteiger partial charge is 0.225 e. The minimum absolute atomic E-state index is 0.122. The molecule has 0 aliphatic heterocycles. The lowest BCUT2D eigenvalue weighted by atomic mass is 9.99. The van der Waals surface area contributed by atoms with Gasteiger partial charge in [-0.3, -0.25) is 9.78 Å². The van der Waals surface area contributed by atoms with Crippen molar-refractivity contribution in [2.24, 2.45) is 0 Å². The number of rotatable bonds is 6. The fourth-order valence-electron chi connectivity index (χ4n) is 2.45. The van der Waals surface area contributed by atoms with Gasteiger partial charge in [0.05, 0.1) is 31.9 Å². The average Bonchev–Trinajstić information content (AvgIpc) is 2.55. The lowest BCUT2D eigenvalue weighted by Crippen LogP contribution is -2.42. The van der Waals surface area contributed by atoms with Crippen molar-refractivity contribution in [2.75, 3.05) is 14.2 Å². The highest BCUT2D eigenvalue weighted by molar-refractivity contribution is 5.81. The highest BCUT2D eigenvalue weighted by atomic mass is 16.5. The van der Waals surface area contributed by atoms with E-state index < -0.39 is 5.54 Å². The zero-order chi connectivity index (χ0) is 16.9. The second kappa shape index (κ2) is 7.13. The van der Waals surface area contributed by atoms with Crippen molar-refractivity contribution in [1.29, 1.82) is 0 Å². The Morgan fingerprint density at radius 2 is 1.74 bits per heavy atom. The monoisotopic (exact) mass is 314 g/mol. The molecule has 122 valence electrons. The van der Waals surface area contributed by atoms with Gasteiger partial charge in [-0.1, -0.05) is 12.1 Å². The minimum Gasteiger partial charge on any atom is -0.496 e. The Morgan fingerprint density at radius 1 is 1.09 bits per heavy atom. The quantitative estimate of drug-likeness (QED) is 0.890. The molecule has 5 nitrogen and oxygen atoms in total. The van der Waals surface area contributed by atoms with Crippen molar-refractivity contribution in [1.82, 2.24) is 10.3 Å². The van der Waals surface area contributed by atoms with Crippen LogP contribution >= 0.6 is 0 Å². The fourth-order valence-corrected chi connectivity index (χ4v) is 2.45. The third kappa shape index (κ3) is 4.00. The van der Waals surface area contributed by atoms with E-state index >= 15 is 0 Å². The van der Waals surface area contributed by atoms with Crippen molar-refractivity contribution in [2.45, 2.75) is 25.8 Å². The molecule has 1 N–H and O–H groups in total. The Bertz CT molecular complexity index is 647. The Morgan fingerprint density at radius 3 is 2.26 bits per heavy atom. The van der Waals surface area contributed by atoms with Crippen LogP contribution in [0.2, 0.25) is 0 Å². The second-order valence-electron chi connectivity index (χ2n) is 5.71. The summed E-state index contributed by atoms with van der Waals surface area (Å²) in [6.07, 6.45) is 1.88. The molecule has 0 aliphatic carbocycles. The Balaban J connectivity index is 2.17. The zero-order valence-electron chi connectivity index (χ0n) is 13.9. The number of carbonyl (C=O) groups excluding carboxylic acids is 1. The first-order valence-electron chi connectivity index (χ1n) is 7.40. The zero-order valence-corrected chi connectivity index (χ0v) is 13.9. The van der Waals surface area contributed by atoms with Gasteiger partial charge in [0.25, 0.3) is 0 Å². The second-order valence-corrected chi connectivity index (χ2v) is 5.71. The largest absolute Gasteiger partial charge is 0.496 e. The topological polar surface area (TPSA) is 60.5 Å². The van der Waals surface area contributed by atoms with Crippen molar-refractivity contribution < 1.29 is 14.3 Å². The van der Waals surface area contributed by atoms with Crippen molar-refractivity contribution in [3.8, 4) is 11.5 Å². The highest BCUT2D eigenvalue weighted by Gasteiger charge is 2.25. The normalized spacial score (nSPS) is 11.0. The lowest BCUT2D eigenvalue weighted by molar-refractivity contribution is -0.122. The number of methoxy groups -OCH3 is 2. The molecule has 0 saturated heterocycles. The molecule has 0 radical (unpaired) electrons. The third-order valence-corrected chi connectivity index (χ3v) is 3.62. The number of amides is 1. The molecule has 1 aromatic heterocycles. The number of ether oxygens (including phenoxy) is 2. The average molecular weight is 314 g/mol. The summed E-state index contributed by atoms with van der Waals surface area (Å²) in [6.45, 7) is 3.85. The fraction of sp³-hybridized carbons (Fsp3) is 0.333. The maximum atomic E-state index is 12.5. The van der Waals surface area contributed by atoms with Crippen LogP contribution in [0.25, 0.3) is 0 Å². The molecular weight excluding hydrogens is 292 g/mol. The standard InChI is InChI=1S/C18H22N2O3/c1-18(2,16-10-5-6-11-19-16)20-17(21)12-13-14(22-3)8-7-9-15(13)23-4/h5-11H,12H2,1-4H3,(H,20,21). The number of nitrogens with zero attached hydrogens (tertiary/aromatic N) is 1. The first-order valence-corrected chi connectivity index (χ1v) is 7.40. The van der Waals surface area contributed by atoms with Crippen LogP contribution in [0.4, 0.5) is 0 Å². The molecular formula is C18H22N2O3.